The Bertz CT molecular complexity index is 1020. The molecule has 0 fully saturated rings. The smallest absolute Gasteiger partial charge is 0.258 e. The predicted octanol–water partition coefficient (Wildman–Crippen LogP) is 5.55. The van der Waals surface area contributed by atoms with Crippen molar-refractivity contribution in [2.45, 2.75) is 20.8 Å². The number of nitro groups is 1. The molecule has 31 heavy (non-hydrogen) atoms. The fourth-order valence-electron chi connectivity index (χ4n) is 2.96. The lowest BCUT2D eigenvalue weighted by atomic mass is 9.91. The third-order valence-electron chi connectivity index (χ3n) is 4.80. The molecule has 0 aromatic heterocycles. The van der Waals surface area contributed by atoms with Crippen molar-refractivity contribution >= 4 is 36.1 Å². The van der Waals surface area contributed by atoms with E-state index in [1.54, 1.807) is 18.3 Å². The van der Waals surface area contributed by atoms with Crippen LogP contribution in [0.25, 0.3) is 0 Å². The highest BCUT2D eigenvalue weighted by atomic mass is 31.1. The average Bonchev–Trinajstić information content (AvgIpc) is 2.77. The molecule has 0 heterocycles. The van der Waals surface area contributed by atoms with Crippen molar-refractivity contribution in [1.82, 2.24) is 0 Å². The Labute approximate surface area is 184 Å². The van der Waals surface area contributed by atoms with Crippen molar-refractivity contribution in [2.24, 2.45) is 15.6 Å². The van der Waals surface area contributed by atoms with E-state index in [2.05, 4.69) is 79.5 Å². The van der Waals surface area contributed by atoms with Gasteiger partial charge in [0, 0.05) is 23.7 Å². The second-order valence-corrected chi connectivity index (χ2v) is 10.4. The molecule has 0 atom stereocenters. The molecule has 0 amide bonds. The minimum atomic E-state index is -0.617. The van der Waals surface area contributed by atoms with Gasteiger partial charge in [-0.2, -0.15) is 10.2 Å². The predicted molar refractivity (Wildman–Crippen MR) is 132 cm³/mol. The fraction of sp³-hybridized carbons (Fsp3) is 0.200. The van der Waals surface area contributed by atoms with E-state index in [0.29, 0.717) is 0 Å². The van der Waals surface area contributed by atoms with Gasteiger partial charge in [-0.25, -0.2) is 0 Å². The van der Waals surface area contributed by atoms with E-state index < -0.39 is 12.8 Å². The molecule has 0 saturated heterocycles. The summed E-state index contributed by atoms with van der Waals surface area (Å²) < 4.78 is 0. The number of nitrogens with zero attached hydrogens (tertiary/aromatic N) is 3. The van der Waals surface area contributed by atoms with Gasteiger partial charge in [-0.1, -0.05) is 81.4 Å². The summed E-state index contributed by atoms with van der Waals surface area (Å²) in [5, 5.41) is 22.4. The molecule has 158 valence electrons. The molecule has 3 aromatic carbocycles. The number of non-ortho nitro benzene ring substituents is 1. The molecule has 0 N–H and O–H groups in total. The van der Waals surface area contributed by atoms with Gasteiger partial charge in [0.2, 0.25) is 0 Å². The van der Waals surface area contributed by atoms with Gasteiger partial charge in [0.25, 0.3) is 5.69 Å². The van der Waals surface area contributed by atoms with Crippen molar-refractivity contribution in [3.8, 4) is 0 Å². The van der Waals surface area contributed by atoms with E-state index in [9.17, 15) is 10.1 Å². The number of nitro benzene ring substituents is 1. The molecule has 0 bridgehead atoms. The second-order valence-electron chi connectivity index (χ2n) is 8.15. The third kappa shape index (κ3) is 6.40. The zero-order valence-electron chi connectivity index (χ0n) is 18.0. The second kappa shape index (κ2) is 10.2. The molecule has 6 heteroatoms. The monoisotopic (exact) mass is 431 g/mol. The van der Waals surface area contributed by atoms with Gasteiger partial charge in [-0.05, 0) is 36.2 Å². The number of benzene rings is 3. The Morgan fingerprint density at radius 2 is 1.42 bits per heavy atom. The van der Waals surface area contributed by atoms with Crippen LogP contribution in [0.15, 0.2) is 95.1 Å². The van der Waals surface area contributed by atoms with Gasteiger partial charge in [0.1, 0.15) is 0 Å². The van der Waals surface area contributed by atoms with Crippen molar-refractivity contribution in [3.05, 3.63) is 101 Å². The summed E-state index contributed by atoms with van der Waals surface area (Å²) in [4.78, 5) is 10.4. The quantitative estimate of drug-likeness (QED) is 0.213. The van der Waals surface area contributed by atoms with Crippen LogP contribution in [0.4, 0.5) is 5.69 Å². The first-order valence-corrected chi connectivity index (χ1v) is 11.6. The van der Waals surface area contributed by atoms with Crippen LogP contribution in [0.1, 0.15) is 26.3 Å². The van der Waals surface area contributed by atoms with Gasteiger partial charge >= 0.3 is 0 Å². The summed E-state index contributed by atoms with van der Waals surface area (Å²) in [6, 6.07) is 27.4. The van der Waals surface area contributed by atoms with E-state index in [-0.39, 0.29) is 11.1 Å². The van der Waals surface area contributed by atoms with Crippen molar-refractivity contribution in [2.75, 3.05) is 6.16 Å². The summed E-state index contributed by atoms with van der Waals surface area (Å²) in [5.41, 5.74) is 1.71. The Morgan fingerprint density at radius 1 is 0.903 bits per heavy atom. The topological polar surface area (TPSA) is 67.9 Å². The Morgan fingerprint density at radius 3 is 1.87 bits per heavy atom. The number of hydrogen-bond donors (Lipinski definition) is 0. The van der Waals surface area contributed by atoms with Crippen molar-refractivity contribution < 1.29 is 4.92 Å². The Hall–Kier alpha value is -3.17. The largest absolute Gasteiger partial charge is 0.269 e. The molecule has 0 aliphatic rings. The average molecular weight is 431 g/mol. The zero-order valence-corrected chi connectivity index (χ0v) is 18.9. The first-order valence-electron chi connectivity index (χ1n) is 10.1. The number of rotatable bonds is 7. The molecule has 0 radical (unpaired) electrons. The fourth-order valence-corrected chi connectivity index (χ4v) is 5.53. The summed E-state index contributed by atoms with van der Waals surface area (Å²) in [6.45, 7) is 6.45. The molecule has 0 saturated carbocycles. The number of hydrogen-bond acceptors (Lipinski definition) is 4. The first-order chi connectivity index (χ1) is 14.8. The van der Waals surface area contributed by atoms with Crippen LogP contribution in [-0.4, -0.2) is 23.0 Å². The van der Waals surface area contributed by atoms with Gasteiger partial charge in [-0.15, -0.1) is 0 Å². The van der Waals surface area contributed by atoms with Gasteiger partial charge in [0.15, 0.2) is 0 Å². The maximum absolute atomic E-state index is 10.8. The van der Waals surface area contributed by atoms with Crippen LogP contribution in [-0.2, 0) is 0 Å². The lowest BCUT2D eigenvalue weighted by Gasteiger charge is -2.26. The molecule has 0 aliphatic carbocycles. The van der Waals surface area contributed by atoms with Crippen molar-refractivity contribution in [3.63, 3.8) is 0 Å². The summed E-state index contributed by atoms with van der Waals surface area (Å²) in [7, 11) is -0.617. The molecular formula is C25H26N3O2P. The summed E-state index contributed by atoms with van der Waals surface area (Å²) >= 11 is 0. The Kier molecular flexibility index (Phi) is 7.43. The molecule has 0 unspecified atom stereocenters. The maximum Gasteiger partial charge on any atom is 0.269 e. The molecule has 0 spiro atoms. The van der Waals surface area contributed by atoms with Crippen LogP contribution in [0.2, 0.25) is 0 Å². The maximum atomic E-state index is 10.8. The Balaban J connectivity index is 1.89. The van der Waals surface area contributed by atoms with Crippen LogP contribution in [0, 0.1) is 15.5 Å². The molecular weight excluding hydrogens is 405 g/mol. The molecule has 3 aromatic rings. The lowest BCUT2D eigenvalue weighted by molar-refractivity contribution is -0.384. The van der Waals surface area contributed by atoms with E-state index >= 15 is 0 Å². The van der Waals surface area contributed by atoms with Gasteiger partial charge in [-0.3, -0.25) is 10.1 Å². The van der Waals surface area contributed by atoms with Gasteiger partial charge < -0.3 is 0 Å². The van der Waals surface area contributed by atoms with Crippen LogP contribution < -0.4 is 10.6 Å². The summed E-state index contributed by atoms with van der Waals surface area (Å²) in [6.07, 6.45) is 2.45. The van der Waals surface area contributed by atoms with E-state index in [0.717, 1.165) is 17.4 Å². The highest BCUT2D eigenvalue weighted by Gasteiger charge is 2.25. The standard InChI is InChI=1S/C25H26N3O2P/c1-25(2,3)24(27-26-18-20-14-16-21(17-15-20)28(29)30)19-31(22-10-6-4-7-11-22)23-12-8-5-9-13-23/h4-18H,19H2,1-3H3. The molecule has 0 aliphatic heterocycles. The SMILES string of the molecule is CC(C)(C)C(CP(c1ccccc1)c1ccccc1)=NN=Cc1ccc([N+](=O)[O-])cc1. The molecule has 3 rings (SSSR count). The van der Waals surface area contributed by atoms with Crippen LogP contribution in [0.5, 0.6) is 0 Å². The lowest BCUT2D eigenvalue weighted by Crippen LogP contribution is -2.27. The van der Waals surface area contributed by atoms with E-state index in [4.69, 9.17) is 0 Å². The normalized spacial score (nSPS) is 12.5. The van der Waals surface area contributed by atoms with Crippen LogP contribution >= 0.6 is 7.92 Å². The van der Waals surface area contributed by atoms with Crippen molar-refractivity contribution in [1.29, 1.82) is 0 Å². The van der Waals surface area contributed by atoms with Gasteiger partial charge in [0.05, 0.1) is 16.8 Å². The van der Waals surface area contributed by atoms with E-state index in [1.807, 2.05) is 12.1 Å². The third-order valence-corrected chi connectivity index (χ3v) is 7.26. The van der Waals surface area contributed by atoms with Crippen LogP contribution in [0.3, 0.4) is 0 Å². The first kappa shape index (κ1) is 22.5. The highest BCUT2D eigenvalue weighted by molar-refractivity contribution is 7.73. The minimum Gasteiger partial charge on any atom is -0.258 e. The molecule has 5 nitrogen and oxygen atoms in total. The minimum absolute atomic E-state index is 0.0624. The highest BCUT2D eigenvalue weighted by Crippen LogP contribution is 2.36. The summed E-state index contributed by atoms with van der Waals surface area (Å²) in [5.74, 6) is 0. The zero-order chi connectivity index (χ0) is 22.3. The van der Waals surface area contributed by atoms with E-state index in [1.165, 1.54) is 22.7 Å².